The highest BCUT2D eigenvalue weighted by Gasteiger charge is 2.26. The molecule has 3 aromatic rings. The Morgan fingerprint density at radius 3 is 2.88 bits per heavy atom. The highest BCUT2D eigenvalue weighted by atomic mass is 32.1. The lowest BCUT2D eigenvalue weighted by Gasteiger charge is -2.31. The highest BCUT2D eigenvalue weighted by molar-refractivity contribution is 7.09. The van der Waals surface area contributed by atoms with Gasteiger partial charge in [0.1, 0.15) is 17.7 Å². The van der Waals surface area contributed by atoms with Crippen LogP contribution in [0.5, 0.6) is 0 Å². The van der Waals surface area contributed by atoms with E-state index in [9.17, 15) is 4.39 Å². The molecule has 0 saturated carbocycles. The van der Waals surface area contributed by atoms with Gasteiger partial charge in [-0.15, -0.1) is 11.3 Å². The van der Waals surface area contributed by atoms with Crippen molar-refractivity contribution in [3.05, 3.63) is 69.6 Å². The van der Waals surface area contributed by atoms with Gasteiger partial charge in [-0.25, -0.2) is 14.4 Å². The first kappa shape index (κ1) is 17.3. The first-order valence-corrected chi connectivity index (χ1v) is 9.47. The Labute approximate surface area is 155 Å². The fourth-order valence-electron chi connectivity index (χ4n) is 3.03. The molecule has 1 saturated heterocycles. The van der Waals surface area contributed by atoms with Crippen LogP contribution in [0, 0.1) is 12.7 Å². The summed E-state index contributed by atoms with van der Waals surface area (Å²) in [5.41, 5.74) is 3.97. The molecule has 5 nitrogen and oxygen atoms in total. The molecule has 1 atom stereocenters. The van der Waals surface area contributed by atoms with Gasteiger partial charge >= 0.3 is 0 Å². The molecule has 136 valence electrons. The molecule has 26 heavy (non-hydrogen) atoms. The van der Waals surface area contributed by atoms with Crippen molar-refractivity contribution >= 4 is 11.3 Å². The van der Waals surface area contributed by atoms with Crippen LogP contribution in [0.4, 0.5) is 4.39 Å². The van der Waals surface area contributed by atoms with Crippen molar-refractivity contribution in [1.82, 2.24) is 14.9 Å². The molecule has 0 spiro atoms. The summed E-state index contributed by atoms with van der Waals surface area (Å²) in [7, 11) is 0. The molecule has 1 aromatic carbocycles. The minimum absolute atomic E-state index is 0.168. The largest absolute Gasteiger partial charge is 0.442 e. The summed E-state index contributed by atoms with van der Waals surface area (Å²) in [6.07, 6.45) is 2.15. The maximum atomic E-state index is 13.0. The minimum atomic E-state index is -0.237. The Kier molecular flexibility index (Phi) is 5.10. The molecular weight excluding hydrogens is 353 g/mol. The topological polar surface area (TPSA) is 51.4 Å². The van der Waals surface area contributed by atoms with E-state index < -0.39 is 0 Å². The van der Waals surface area contributed by atoms with Gasteiger partial charge in [0, 0.05) is 30.9 Å². The SMILES string of the molecule is Cc1ncsc1CN1CCOC(c2ncc(Cc3ccc(F)cc3)o2)C1. The van der Waals surface area contributed by atoms with Gasteiger partial charge in [0.25, 0.3) is 0 Å². The Morgan fingerprint density at radius 1 is 1.27 bits per heavy atom. The molecule has 3 heterocycles. The summed E-state index contributed by atoms with van der Waals surface area (Å²) in [4.78, 5) is 12.3. The van der Waals surface area contributed by atoms with E-state index in [1.807, 2.05) is 12.4 Å². The number of rotatable bonds is 5. The third kappa shape index (κ3) is 4.00. The molecular formula is C19H20FN3O2S. The number of oxazole rings is 1. The predicted octanol–water partition coefficient (Wildman–Crippen LogP) is 3.74. The molecule has 0 aliphatic carbocycles. The van der Waals surface area contributed by atoms with Crippen LogP contribution in [-0.2, 0) is 17.7 Å². The molecule has 0 radical (unpaired) electrons. The zero-order valence-electron chi connectivity index (χ0n) is 14.5. The van der Waals surface area contributed by atoms with Crippen molar-refractivity contribution in [2.24, 2.45) is 0 Å². The van der Waals surface area contributed by atoms with E-state index in [2.05, 4.69) is 14.9 Å². The number of thiazole rings is 1. The van der Waals surface area contributed by atoms with Crippen molar-refractivity contribution in [1.29, 1.82) is 0 Å². The van der Waals surface area contributed by atoms with E-state index in [-0.39, 0.29) is 11.9 Å². The molecule has 2 aromatic heterocycles. The molecule has 0 bridgehead atoms. The summed E-state index contributed by atoms with van der Waals surface area (Å²) < 4.78 is 24.8. The van der Waals surface area contributed by atoms with Crippen LogP contribution in [0.2, 0.25) is 0 Å². The lowest BCUT2D eigenvalue weighted by molar-refractivity contribution is -0.0454. The van der Waals surface area contributed by atoms with Crippen LogP contribution in [0.25, 0.3) is 0 Å². The number of hydrogen-bond donors (Lipinski definition) is 0. The zero-order valence-corrected chi connectivity index (χ0v) is 15.3. The van der Waals surface area contributed by atoms with Crippen LogP contribution in [-0.4, -0.2) is 34.6 Å². The van der Waals surface area contributed by atoms with E-state index in [4.69, 9.17) is 9.15 Å². The van der Waals surface area contributed by atoms with Crippen molar-refractivity contribution in [3.63, 3.8) is 0 Å². The van der Waals surface area contributed by atoms with Gasteiger partial charge in [0.15, 0.2) is 0 Å². The average Bonchev–Trinajstić information content (AvgIpc) is 3.27. The monoisotopic (exact) mass is 373 g/mol. The third-order valence-electron chi connectivity index (χ3n) is 4.50. The molecule has 1 aliphatic rings. The van der Waals surface area contributed by atoms with Gasteiger partial charge in [-0.3, -0.25) is 4.90 Å². The lowest BCUT2D eigenvalue weighted by atomic mass is 10.1. The first-order valence-electron chi connectivity index (χ1n) is 8.59. The smallest absolute Gasteiger partial charge is 0.224 e. The zero-order chi connectivity index (χ0) is 17.9. The normalized spacial score (nSPS) is 18.3. The molecule has 1 fully saturated rings. The number of morpholine rings is 1. The minimum Gasteiger partial charge on any atom is -0.442 e. The second kappa shape index (κ2) is 7.65. The fourth-order valence-corrected chi connectivity index (χ4v) is 3.85. The molecule has 0 amide bonds. The predicted molar refractivity (Wildman–Crippen MR) is 96.5 cm³/mol. The molecule has 1 aliphatic heterocycles. The van der Waals surface area contributed by atoms with Crippen molar-refractivity contribution < 1.29 is 13.5 Å². The third-order valence-corrected chi connectivity index (χ3v) is 5.42. The molecule has 1 unspecified atom stereocenters. The first-order chi connectivity index (χ1) is 12.7. The Morgan fingerprint density at radius 2 is 2.12 bits per heavy atom. The number of hydrogen-bond acceptors (Lipinski definition) is 6. The van der Waals surface area contributed by atoms with Crippen LogP contribution >= 0.6 is 11.3 Å². The van der Waals surface area contributed by atoms with E-state index in [0.29, 0.717) is 18.9 Å². The van der Waals surface area contributed by atoms with Gasteiger partial charge in [0.05, 0.1) is 24.0 Å². The van der Waals surface area contributed by atoms with Crippen LogP contribution in [0.3, 0.4) is 0 Å². The number of aryl methyl sites for hydroxylation is 1. The lowest BCUT2D eigenvalue weighted by Crippen LogP contribution is -2.37. The van der Waals surface area contributed by atoms with Gasteiger partial charge < -0.3 is 9.15 Å². The quantitative estimate of drug-likeness (QED) is 0.682. The van der Waals surface area contributed by atoms with Crippen LogP contribution in [0.1, 0.15) is 33.9 Å². The summed E-state index contributed by atoms with van der Waals surface area (Å²) in [5.74, 6) is 1.12. The second-order valence-corrected chi connectivity index (χ2v) is 7.36. The maximum absolute atomic E-state index is 13.0. The Hall–Kier alpha value is -2.09. The highest BCUT2D eigenvalue weighted by Crippen LogP contribution is 2.25. The standard InChI is InChI=1S/C19H20FN3O2S/c1-13-18(26-12-22-13)11-23-6-7-24-17(10-23)19-21-9-16(25-19)8-14-2-4-15(20)5-3-14/h2-5,9,12,17H,6-8,10-11H2,1H3. The van der Waals surface area contributed by atoms with Crippen molar-refractivity contribution in [2.45, 2.75) is 26.0 Å². The van der Waals surface area contributed by atoms with Crippen molar-refractivity contribution in [2.75, 3.05) is 19.7 Å². The summed E-state index contributed by atoms with van der Waals surface area (Å²) in [5, 5.41) is 0. The van der Waals surface area contributed by atoms with Gasteiger partial charge in [-0.1, -0.05) is 12.1 Å². The van der Waals surface area contributed by atoms with Crippen LogP contribution < -0.4 is 0 Å². The summed E-state index contributed by atoms with van der Waals surface area (Å²) in [6, 6.07) is 6.42. The molecule has 4 rings (SSSR count). The van der Waals surface area contributed by atoms with E-state index in [0.717, 1.165) is 36.7 Å². The number of nitrogens with zero attached hydrogens (tertiary/aromatic N) is 3. The number of aromatic nitrogens is 2. The number of benzene rings is 1. The molecule has 7 heteroatoms. The second-order valence-electron chi connectivity index (χ2n) is 6.42. The summed E-state index contributed by atoms with van der Waals surface area (Å²) in [6.45, 7) is 5.20. The van der Waals surface area contributed by atoms with E-state index in [1.54, 1.807) is 29.7 Å². The van der Waals surface area contributed by atoms with Gasteiger partial charge in [0.2, 0.25) is 5.89 Å². The number of ether oxygens (including phenoxy) is 1. The maximum Gasteiger partial charge on any atom is 0.224 e. The number of halogens is 1. The molecule has 0 N–H and O–H groups in total. The van der Waals surface area contributed by atoms with E-state index in [1.165, 1.54) is 17.0 Å². The fraction of sp³-hybridized carbons (Fsp3) is 0.368. The Bertz CT molecular complexity index is 862. The van der Waals surface area contributed by atoms with Gasteiger partial charge in [-0.05, 0) is 24.6 Å². The van der Waals surface area contributed by atoms with Crippen LogP contribution in [0.15, 0.2) is 40.4 Å². The van der Waals surface area contributed by atoms with Gasteiger partial charge in [-0.2, -0.15) is 0 Å². The summed E-state index contributed by atoms with van der Waals surface area (Å²) >= 11 is 1.69. The van der Waals surface area contributed by atoms with E-state index >= 15 is 0 Å². The Balaban J connectivity index is 1.40. The van der Waals surface area contributed by atoms with Crippen molar-refractivity contribution in [3.8, 4) is 0 Å². The average molecular weight is 373 g/mol.